The van der Waals surface area contributed by atoms with Gasteiger partial charge in [0.05, 0.1) is 5.56 Å². The topological polar surface area (TPSA) is 54.7 Å². The minimum absolute atomic E-state index is 0.0569. The second-order valence-corrected chi connectivity index (χ2v) is 8.50. The van der Waals surface area contributed by atoms with Crippen LogP contribution in [0.3, 0.4) is 0 Å². The van der Waals surface area contributed by atoms with Gasteiger partial charge in [0.25, 0.3) is 0 Å². The Morgan fingerprint density at radius 2 is 1.94 bits per heavy atom. The monoisotopic (exact) mass is 454 g/mol. The number of rotatable bonds is 12. The zero-order valence-corrected chi connectivity index (χ0v) is 18.9. The largest absolute Gasteiger partial charge is 0.463 e. The highest BCUT2D eigenvalue weighted by Gasteiger charge is 2.30. The van der Waals surface area contributed by atoms with Gasteiger partial charge in [0, 0.05) is 44.5 Å². The van der Waals surface area contributed by atoms with Crippen molar-refractivity contribution in [2.75, 3.05) is 19.7 Å². The summed E-state index contributed by atoms with van der Waals surface area (Å²) in [5.41, 5.74) is 0.833. The molecule has 1 aromatic carbocycles. The van der Waals surface area contributed by atoms with E-state index < -0.39 is 17.8 Å². The van der Waals surface area contributed by atoms with E-state index in [1.165, 1.54) is 12.1 Å². The molecule has 5 nitrogen and oxygen atoms in total. The molecule has 0 aliphatic carbocycles. The van der Waals surface area contributed by atoms with E-state index in [1.807, 2.05) is 29.8 Å². The summed E-state index contributed by atoms with van der Waals surface area (Å²) in [6.45, 7) is 7.85. The van der Waals surface area contributed by atoms with Gasteiger partial charge in [0.1, 0.15) is 12.7 Å². The Kier molecular flexibility index (Phi) is 9.78. The predicted molar refractivity (Wildman–Crippen MR) is 117 cm³/mol. The first-order valence-electron chi connectivity index (χ1n) is 10.9. The molecule has 0 saturated heterocycles. The maximum absolute atomic E-state index is 13.0. The van der Waals surface area contributed by atoms with Crippen LogP contribution < -0.4 is 0 Å². The van der Waals surface area contributed by atoms with Crippen molar-refractivity contribution in [1.82, 2.24) is 9.47 Å². The Bertz CT molecular complexity index is 849. The molecule has 0 spiro atoms. The molecule has 1 unspecified atom stereocenters. The number of esters is 1. The number of aliphatic hydroxyl groups is 1. The molecule has 2 rings (SSSR count). The van der Waals surface area contributed by atoms with Gasteiger partial charge < -0.3 is 14.4 Å². The molecule has 0 bridgehead atoms. The lowest BCUT2D eigenvalue weighted by Crippen LogP contribution is -2.37. The number of carbonyl (C=O) groups is 1. The lowest BCUT2D eigenvalue weighted by molar-refractivity contribution is -0.147. The van der Waals surface area contributed by atoms with Crippen molar-refractivity contribution in [2.24, 2.45) is 5.92 Å². The van der Waals surface area contributed by atoms with Crippen LogP contribution in [0.15, 0.2) is 42.6 Å². The summed E-state index contributed by atoms with van der Waals surface area (Å²) in [6.07, 6.45) is -2.34. The molecule has 2 aromatic rings. The molecule has 0 fully saturated rings. The standard InChI is InChI=1S/C24H33F3N2O3/c1-4-7-23(31)32-17-22(30)16-28(13-18(2)3)15-21-10-6-11-29(21)14-19-8-5-9-20(12-19)24(25,26)27/h5-6,8-12,18,22,30H,4,7,13-17H2,1-3H3. The molecular weight excluding hydrogens is 421 g/mol. The number of hydrogen-bond donors (Lipinski definition) is 1. The minimum atomic E-state index is -4.37. The summed E-state index contributed by atoms with van der Waals surface area (Å²) in [5, 5.41) is 10.4. The van der Waals surface area contributed by atoms with E-state index in [0.29, 0.717) is 50.5 Å². The maximum atomic E-state index is 13.0. The Hall–Kier alpha value is -2.32. The van der Waals surface area contributed by atoms with Crippen LogP contribution in [0.4, 0.5) is 13.2 Å². The number of ether oxygens (including phenoxy) is 1. The zero-order chi connectivity index (χ0) is 23.7. The van der Waals surface area contributed by atoms with Crippen molar-refractivity contribution in [3.05, 3.63) is 59.4 Å². The molecule has 0 radical (unpaired) electrons. The van der Waals surface area contributed by atoms with E-state index in [1.54, 1.807) is 6.07 Å². The molecule has 0 amide bonds. The van der Waals surface area contributed by atoms with Crippen LogP contribution in [-0.4, -0.2) is 46.3 Å². The van der Waals surface area contributed by atoms with Crippen molar-refractivity contribution in [1.29, 1.82) is 0 Å². The van der Waals surface area contributed by atoms with Crippen LogP contribution in [-0.2, 0) is 28.8 Å². The molecule has 1 heterocycles. The second kappa shape index (κ2) is 12.1. The van der Waals surface area contributed by atoms with E-state index in [-0.39, 0.29) is 12.6 Å². The summed E-state index contributed by atoms with van der Waals surface area (Å²) in [4.78, 5) is 13.6. The zero-order valence-electron chi connectivity index (χ0n) is 18.9. The van der Waals surface area contributed by atoms with Gasteiger partial charge in [-0.2, -0.15) is 13.2 Å². The number of nitrogens with zero attached hydrogens (tertiary/aromatic N) is 2. The Balaban J connectivity index is 2.05. The number of aromatic nitrogens is 1. The van der Waals surface area contributed by atoms with Gasteiger partial charge in [-0.15, -0.1) is 0 Å². The van der Waals surface area contributed by atoms with Crippen LogP contribution in [0.5, 0.6) is 0 Å². The van der Waals surface area contributed by atoms with Gasteiger partial charge >= 0.3 is 12.1 Å². The van der Waals surface area contributed by atoms with Crippen LogP contribution in [0, 0.1) is 5.92 Å². The van der Waals surface area contributed by atoms with Gasteiger partial charge in [-0.05, 0) is 42.2 Å². The molecule has 1 aromatic heterocycles. The predicted octanol–water partition coefficient (Wildman–Crippen LogP) is 4.72. The molecule has 0 aliphatic rings. The molecule has 32 heavy (non-hydrogen) atoms. The molecule has 0 aliphatic heterocycles. The van der Waals surface area contributed by atoms with Gasteiger partial charge in [-0.25, -0.2) is 0 Å². The molecular formula is C24H33F3N2O3. The van der Waals surface area contributed by atoms with Crippen molar-refractivity contribution >= 4 is 5.97 Å². The summed E-state index contributed by atoms with van der Waals surface area (Å²) >= 11 is 0. The Labute approximate surface area is 187 Å². The average molecular weight is 455 g/mol. The first-order valence-corrected chi connectivity index (χ1v) is 10.9. The normalized spacial score (nSPS) is 13.0. The number of halogens is 3. The van der Waals surface area contributed by atoms with E-state index in [9.17, 15) is 23.1 Å². The Morgan fingerprint density at radius 3 is 2.59 bits per heavy atom. The van der Waals surface area contributed by atoms with Crippen LogP contribution in [0.25, 0.3) is 0 Å². The highest BCUT2D eigenvalue weighted by atomic mass is 19.4. The fraction of sp³-hybridized carbons (Fsp3) is 0.542. The van der Waals surface area contributed by atoms with Crippen molar-refractivity contribution in [3.8, 4) is 0 Å². The SMILES string of the molecule is CCCC(=O)OCC(O)CN(Cc1cccn1Cc1cccc(C(F)(F)F)c1)CC(C)C. The van der Waals surface area contributed by atoms with Gasteiger partial charge in [-0.1, -0.05) is 32.9 Å². The molecule has 178 valence electrons. The molecule has 8 heteroatoms. The second-order valence-electron chi connectivity index (χ2n) is 8.50. The lowest BCUT2D eigenvalue weighted by Gasteiger charge is -2.27. The van der Waals surface area contributed by atoms with Crippen LogP contribution >= 0.6 is 0 Å². The summed E-state index contributed by atoms with van der Waals surface area (Å²) in [5.74, 6) is 0.0219. The van der Waals surface area contributed by atoms with Crippen molar-refractivity contribution in [2.45, 2.75) is 59.0 Å². The third-order valence-electron chi connectivity index (χ3n) is 4.90. The van der Waals surface area contributed by atoms with E-state index >= 15 is 0 Å². The number of alkyl halides is 3. The van der Waals surface area contributed by atoms with E-state index in [2.05, 4.69) is 18.7 Å². The third-order valence-corrected chi connectivity index (χ3v) is 4.90. The van der Waals surface area contributed by atoms with Crippen LogP contribution in [0.1, 0.15) is 50.4 Å². The van der Waals surface area contributed by atoms with Gasteiger partial charge in [0.2, 0.25) is 0 Å². The first kappa shape index (κ1) is 25.9. The quantitative estimate of drug-likeness (QED) is 0.472. The molecule has 0 saturated carbocycles. The lowest BCUT2D eigenvalue weighted by atomic mass is 10.1. The van der Waals surface area contributed by atoms with Gasteiger partial charge in [0.15, 0.2) is 0 Å². The van der Waals surface area contributed by atoms with Crippen LogP contribution in [0.2, 0.25) is 0 Å². The highest BCUT2D eigenvalue weighted by Crippen LogP contribution is 2.29. The number of benzene rings is 1. The first-order chi connectivity index (χ1) is 15.1. The van der Waals surface area contributed by atoms with E-state index in [0.717, 1.165) is 11.8 Å². The summed E-state index contributed by atoms with van der Waals surface area (Å²) in [6, 6.07) is 9.12. The minimum Gasteiger partial charge on any atom is -0.463 e. The van der Waals surface area contributed by atoms with Crippen molar-refractivity contribution < 1.29 is 27.8 Å². The Morgan fingerprint density at radius 1 is 1.19 bits per heavy atom. The maximum Gasteiger partial charge on any atom is 0.416 e. The highest BCUT2D eigenvalue weighted by molar-refractivity contribution is 5.69. The fourth-order valence-electron chi connectivity index (χ4n) is 3.56. The van der Waals surface area contributed by atoms with Gasteiger partial charge in [-0.3, -0.25) is 9.69 Å². The average Bonchev–Trinajstić information content (AvgIpc) is 3.12. The summed E-state index contributed by atoms with van der Waals surface area (Å²) < 4.78 is 46.1. The van der Waals surface area contributed by atoms with Crippen molar-refractivity contribution in [3.63, 3.8) is 0 Å². The summed E-state index contributed by atoms with van der Waals surface area (Å²) in [7, 11) is 0. The fourth-order valence-corrected chi connectivity index (χ4v) is 3.56. The number of hydrogen-bond acceptors (Lipinski definition) is 4. The molecule has 1 N–H and O–H groups in total. The number of aliphatic hydroxyl groups excluding tert-OH is 1. The third kappa shape index (κ3) is 8.67. The number of carbonyl (C=O) groups excluding carboxylic acids is 1. The smallest absolute Gasteiger partial charge is 0.416 e. The van der Waals surface area contributed by atoms with E-state index in [4.69, 9.17) is 4.74 Å². The molecule has 1 atom stereocenters.